The number of nitrogens with one attached hydrogen (secondary N) is 1. The molecule has 0 bridgehead atoms. The van der Waals surface area contributed by atoms with Crippen LogP contribution in [-0.2, 0) is 9.53 Å². The molecule has 6 heteroatoms. The standard InChI is InChI=1S/C17H26N2O4/c1-12-10-19(11-13(2)23-12)8-7-17(20)18-15-9-14(21-3)5-6-16(15)22-4/h5-6,9,12-13H,7-8,10-11H2,1-4H3,(H,18,20). The van der Waals surface area contributed by atoms with E-state index in [2.05, 4.69) is 24.1 Å². The third kappa shape index (κ3) is 5.11. The number of amides is 1. The molecule has 2 atom stereocenters. The largest absolute Gasteiger partial charge is 0.497 e. The van der Waals surface area contributed by atoms with Crippen molar-refractivity contribution in [1.29, 1.82) is 0 Å². The lowest BCUT2D eigenvalue weighted by Crippen LogP contribution is -2.46. The Morgan fingerprint density at radius 3 is 2.57 bits per heavy atom. The van der Waals surface area contributed by atoms with Gasteiger partial charge in [0, 0.05) is 32.1 Å². The molecule has 1 aliphatic heterocycles. The van der Waals surface area contributed by atoms with Gasteiger partial charge in [0.05, 0.1) is 32.1 Å². The van der Waals surface area contributed by atoms with Crippen molar-refractivity contribution in [2.45, 2.75) is 32.5 Å². The average Bonchev–Trinajstić information content (AvgIpc) is 2.52. The van der Waals surface area contributed by atoms with Crippen LogP contribution in [0, 0.1) is 0 Å². The summed E-state index contributed by atoms with van der Waals surface area (Å²) < 4.78 is 16.2. The number of benzene rings is 1. The van der Waals surface area contributed by atoms with Gasteiger partial charge in [0.25, 0.3) is 0 Å². The van der Waals surface area contributed by atoms with Crippen LogP contribution < -0.4 is 14.8 Å². The molecule has 0 saturated carbocycles. The third-order valence-corrected chi connectivity index (χ3v) is 3.83. The SMILES string of the molecule is COc1ccc(OC)c(NC(=O)CCN2CC(C)OC(C)C2)c1. The van der Waals surface area contributed by atoms with Crippen LogP contribution in [0.25, 0.3) is 0 Å². The van der Waals surface area contributed by atoms with Gasteiger partial charge in [-0.2, -0.15) is 0 Å². The first-order chi connectivity index (χ1) is 11.0. The van der Waals surface area contributed by atoms with E-state index in [4.69, 9.17) is 14.2 Å². The van der Waals surface area contributed by atoms with E-state index in [-0.39, 0.29) is 18.1 Å². The Labute approximate surface area is 137 Å². The van der Waals surface area contributed by atoms with E-state index in [1.165, 1.54) is 0 Å². The molecule has 0 radical (unpaired) electrons. The molecule has 23 heavy (non-hydrogen) atoms. The molecule has 1 fully saturated rings. The molecule has 0 aromatic heterocycles. The van der Waals surface area contributed by atoms with E-state index in [0.29, 0.717) is 23.6 Å². The van der Waals surface area contributed by atoms with E-state index < -0.39 is 0 Å². The fraction of sp³-hybridized carbons (Fsp3) is 0.588. The first-order valence-electron chi connectivity index (χ1n) is 7.91. The minimum absolute atomic E-state index is 0.0386. The van der Waals surface area contributed by atoms with Crippen molar-refractivity contribution in [1.82, 2.24) is 4.90 Å². The zero-order valence-electron chi connectivity index (χ0n) is 14.3. The van der Waals surface area contributed by atoms with Crippen LogP contribution in [0.1, 0.15) is 20.3 Å². The second-order valence-corrected chi connectivity index (χ2v) is 5.88. The van der Waals surface area contributed by atoms with Gasteiger partial charge in [0.15, 0.2) is 0 Å². The average molecular weight is 322 g/mol. The Morgan fingerprint density at radius 2 is 1.96 bits per heavy atom. The van der Waals surface area contributed by atoms with E-state index in [9.17, 15) is 4.79 Å². The quantitative estimate of drug-likeness (QED) is 0.869. The predicted molar refractivity (Wildman–Crippen MR) is 89.2 cm³/mol. The van der Waals surface area contributed by atoms with Gasteiger partial charge in [-0.3, -0.25) is 9.69 Å². The number of anilines is 1. The molecule has 128 valence electrons. The second kappa shape index (κ2) is 8.17. The second-order valence-electron chi connectivity index (χ2n) is 5.88. The minimum atomic E-state index is -0.0386. The number of carbonyl (C=O) groups is 1. The van der Waals surface area contributed by atoms with Crippen LogP contribution in [0.2, 0.25) is 0 Å². The van der Waals surface area contributed by atoms with Crippen LogP contribution >= 0.6 is 0 Å². The van der Waals surface area contributed by atoms with Crippen molar-refractivity contribution < 1.29 is 19.0 Å². The highest BCUT2D eigenvalue weighted by Gasteiger charge is 2.22. The highest BCUT2D eigenvalue weighted by Crippen LogP contribution is 2.28. The molecule has 1 saturated heterocycles. The number of morpholine rings is 1. The Bertz CT molecular complexity index is 525. The molecule has 1 aliphatic rings. The molecule has 0 spiro atoms. The molecule has 1 aromatic carbocycles. The van der Waals surface area contributed by atoms with E-state index >= 15 is 0 Å². The van der Waals surface area contributed by atoms with Crippen molar-refractivity contribution in [3.63, 3.8) is 0 Å². The fourth-order valence-corrected chi connectivity index (χ4v) is 2.85. The van der Waals surface area contributed by atoms with Crippen molar-refractivity contribution >= 4 is 11.6 Å². The third-order valence-electron chi connectivity index (χ3n) is 3.83. The molecular formula is C17H26N2O4. The summed E-state index contributed by atoms with van der Waals surface area (Å²) in [6.07, 6.45) is 0.848. The van der Waals surface area contributed by atoms with Gasteiger partial charge in [-0.15, -0.1) is 0 Å². The number of hydrogen-bond donors (Lipinski definition) is 1. The summed E-state index contributed by atoms with van der Waals surface area (Å²) in [6.45, 7) is 6.56. The number of methoxy groups -OCH3 is 2. The molecule has 0 aliphatic carbocycles. The zero-order valence-corrected chi connectivity index (χ0v) is 14.3. The summed E-state index contributed by atoms with van der Waals surface area (Å²) in [4.78, 5) is 14.5. The van der Waals surface area contributed by atoms with Crippen LogP contribution in [0.5, 0.6) is 11.5 Å². The highest BCUT2D eigenvalue weighted by atomic mass is 16.5. The zero-order chi connectivity index (χ0) is 16.8. The molecular weight excluding hydrogens is 296 g/mol. The van der Waals surface area contributed by atoms with Crippen molar-refractivity contribution in [2.75, 3.05) is 39.2 Å². The summed E-state index contributed by atoms with van der Waals surface area (Å²) in [5.74, 6) is 1.26. The topological polar surface area (TPSA) is 60.0 Å². The summed E-state index contributed by atoms with van der Waals surface area (Å²) in [5, 5.41) is 2.90. The summed E-state index contributed by atoms with van der Waals surface area (Å²) in [6, 6.07) is 5.33. The summed E-state index contributed by atoms with van der Waals surface area (Å²) in [7, 11) is 3.17. The molecule has 1 heterocycles. The van der Waals surface area contributed by atoms with Gasteiger partial charge in [-0.05, 0) is 26.0 Å². The van der Waals surface area contributed by atoms with E-state index in [1.54, 1.807) is 32.4 Å². The number of carbonyl (C=O) groups excluding carboxylic acids is 1. The molecule has 1 aromatic rings. The lowest BCUT2D eigenvalue weighted by atomic mass is 10.2. The molecule has 1 amide bonds. The van der Waals surface area contributed by atoms with E-state index in [0.717, 1.165) is 19.6 Å². The molecule has 1 N–H and O–H groups in total. The maximum absolute atomic E-state index is 12.2. The fourth-order valence-electron chi connectivity index (χ4n) is 2.85. The van der Waals surface area contributed by atoms with E-state index in [1.807, 2.05) is 0 Å². The number of nitrogens with zero attached hydrogens (tertiary/aromatic N) is 1. The van der Waals surface area contributed by atoms with Gasteiger partial charge in [0.1, 0.15) is 11.5 Å². The van der Waals surface area contributed by atoms with Crippen molar-refractivity contribution in [2.24, 2.45) is 0 Å². The number of ether oxygens (including phenoxy) is 3. The van der Waals surface area contributed by atoms with Gasteiger partial charge < -0.3 is 19.5 Å². The first kappa shape index (κ1) is 17.6. The maximum atomic E-state index is 12.2. The van der Waals surface area contributed by atoms with Gasteiger partial charge >= 0.3 is 0 Å². The van der Waals surface area contributed by atoms with Crippen LogP contribution in [-0.4, -0.2) is 56.9 Å². The predicted octanol–water partition coefficient (Wildman–Crippen LogP) is 2.14. The normalized spacial score (nSPS) is 21.7. The maximum Gasteiger partial charge on any atom is 0.225 e. The van der Waals surface area contributed by atoms with Crippen LogP contribution in [0.3, 0.4) is 0 Å². The minimum Gasteiger partial charge on any atom is -0.497 e. The Morgan fingerprint density at radius 1 is 1.26 bits per heavy atom. The first-order valence-corrected chi connectivity index (χ1v) is 7.91. The monoisotopic (exact) mass is 322 g/mol. The highest BCUT2D eigenvalue weighted by molar-refractivity contribution is 5.92. The number of hydrogen-bond acceptors (Lipinski definition) is 5. The Hall–Kier alpha value is -1.79. The Kier molecular flexibility index (Phi) is 6.24. The van der Waals surface area contributed by atoms with Crippen molar-refractivity contribution in [3.05, 3.63) is 18.2 Å². The smallest absolute Gasteiger partial charge is 0.225 e. The van der Waals surface area contributed by atoms with Crippen LogP contribution in [0.15, 0.2) is 18.2 Å². The van der Waals surface area contributed by atoms with Gasteiger partial charge in [0.2, 0.25) is 5.91 Å². The summed E-state index contributed by atoms with van der Waals surface area (Å²) >= 11 is 0. The van der Waals surface area contributed by atoms with Gasteiger partial charge in [-0.25, -0.2) is 0 Å². The number of rotatable bonds is 6. The Balaban J connectivity index is 1.89. The molecule has 2 unspecified atom stereocenters. The van der Waals surface area contributed by atoms with Crippen LogP contribution in [0.4, 0.5) is 5.69 Å². The van der Waals surface area contributed by atoms with Gasteiger partial charge in [-0.1, -0.05) is 0 Å². The molecule has 2 rings (SSSR count). The summed E-state index contributed by atoms with van der Waals surface area (Å²) in [5.41, 5.74) is 0.626. The van der Waals surface area contributed by atoms with Crippen molar-refractivity contribution in [3.8, 4) is 11.5 Å². The lowest BCUT2D eigenvalue weighted by Gasteiger charge is -2.35. The lowest BCUT2D eigenvalue weighted by molar-refractivity contribution is -0.117. The molecule has 6 nitrogen and oxygen atoms in total.